The molecule has 0 unspecified atom stereocenters. The third kappa shape index (κ3) is 3.29. The molecule has 0 aliphatic rings. The Balaban J connectivity index is 3.15. The molecule has 1 rings (SSSR count). The van der Waals surface area contributed by atoms with E-state index >= 15 is 0 Å². The maximum atomic E-state index is 10.9. The minimum Gasteiger partial charge on any atom is -0.545 e. The maximum absolute atomic E-state index is 10.9. The Kier molecular flexibility index (Phi) is 3.85. The van der Waals surface area contributed by atoms with Crippen LogP contribution in [0.1, 0.15) is 34.6 Å². The summed E-state index contributed by atoms with van der Waals surface area (Å²) >= 11 is 0. The molecule has 0 aromatic heterocycles. The van der Waals surface area contributed by atoms with Gasteiger partial charge in [0.15, 0.2) is 0 Å². The highest BCUT2D eigenvalue weighted by molar-refractivity contribution is 5.91. The first kappa shape index (κ1) is 13.2. The molecule has 17 heavy (non-hydrogen) atoms. The minimum absolute atomic E-state index is 0.0995. The van der Waals surface area contributed by atoms with Crippen molar-refractivity contribution in [1.29, 1.82) is 0 Å². The molecule has 5 heteroatoms. The number of hydrogen-bond acceptors (Lipinski definition) is 5. The molecule has 0 aliphatic heterocycles. The predicted octanol–water partition coefficient (Wildman–Crippen LogP) is 0.624. The first-order valence-electron chi connectivity index (χ1n) is 4.94. The second-order valence-electron chi connectivity index (χ2n) is 3.87. The number of carbonyl (C=O) groups is 2. The zero-order chi connectivity index (χ0) is 13.1. The van der Waals surface area contributed by atoms with E-state index in [1.54, 1.807) is 13.8 Å². The Labute approximate surface area is 99.0 Å². The van der Waals surface area contributed by atoms with Crippen LogP contribution < -0.4 is 9.84 Å². The van der Waals surface area contributed by atoms with Crippen molar-refractivity contribution in [3.05, 3.63) is 29.3 Å². The molecule has 0 aliphatic carbocycles. The molecule has 0 radical (unpaired) electrons. The van der Waals surface area contributed by atoms with Crippen LogP contribution in [0.3, 0.4) is 0 Å². The van der Waals surface area contributed by atoms with Gasteiger partial charge in [0, 0.05) is 32.1 Å². The Morgan fingerprint density at radius 3 is 2.53 bits per heavy atom. The van der Waals surface area contributed by atoms with E-state index in [0.717, 1.165) is 0 Å². The smallest absolute Gasteiger partial charge is 0.204 e. The summed E-state index contributed by atoms with van der Waals surface area (Å²) in [5, 5.41) is 10.9. The predicted molar refractivity (Wildman–Crippen MR) is 57.9 cm³/mol. The number of ether oxygens (including phenoxy) is 2. The number of carboxylic acid groups (broad SMARTS) is 1. The number of aldehydes is 1. The second-order valence-corrected chi connectivity index (χ2v) is 3.87. The number of aromatic carboxylic acids is 1. The van der Waals surface area contributed by atoms with Crippen LogP contribution >= 0.6 is 0 Å². The standard InChI is InChI=1S/C12H14O5/c1-12(2,16-3)17-10-5-4-8(7-13)6-9(10)11(14)15/h4-7H,1-3H3,(H,14,15)/p-1. The molecular formula is C12H13O5-. The van der Waals surface area contributed by atoms with E-state index in [-0.39, 0.29) is 16.9 Å². The van der Waals surface area contributed by atoms with Crippen molar-refractivity contribution >= 4 is 12.3 Å². The van der Waals surface area contributed by atoms with Gasteiger partial charge in [-0.05, 0) is 18.2 Å². The van der Waals surface area contributed by atoms with Crippen molar-refractivity contribution in [1.82, 2.24) is 0 Å². The number of carboxylic acids is 1. The van der Waals surface area contributed by atoms with Crippen LogP contribution in [0, 0.1) is 0 Å². The van der Waals surface area contributed by atoms with E-state index in [4.69, 9.17) is 9.47 Å². The molecule has 0 bridgehead atoms. The average Bonchev–Trinajstić information content (AvgIpc) is 2.29. The fraction of sp³-hybridized carbons (Fsp3) is 0.333. The Morgan fingerprint density at radius 2 is 2.06 bits per heavy atom. The van der Waals surface area contributed by atoms with Gasteiger partial charge in [-0.25, -0.2) is 0 Å². The molecular weight excluding hydrogens is 224 g/mol. The van der Waals surface area contributed by atoms with Gasteiger partial charge in [-0.15, -0.1) is 0 Å². The lowest BCUT2D eigenvalue weighted by molar-refractivity contribution is -0.255. The zero-order valence-electron chi connectivity index (χ0n) is 9.85. The van der Waals surface area contributed by atoms with Crippen molar-refractivity contribution in [3.8, 4) is 5.75 Å². The van der Waals surface area contributed by atoms with E-state index in [1.165, 1.54) is 25.3 Å². The summed E-state index contributed by atoms with van der Waals surface area (Å²) in [4.78, 5) is 21.5. The van der Waals surface area contributed by atoms with E-state index < -0.39 is 11.8 Å². The van der Waals surface area contributed by atoms with Crippen LogP contribution in [0.4, 0.5) is 0 Å². The average molecular weight is 237 g/mol. The van der Waals surface area contributed by atoms with Gasteiger partial charge >= 0.3 is 0 Å². The molecule has 0 amide bonds. The molecule has 92 valence electrons. The molecule has 0 fully saturated rings. The van der Waals surface area contributed by atoms with Crippen molar-refractivity contribution in [2.24, 2.45) is 0 Å². The Hall–Kier alpha value is -1.88. The van der Waals surface area contributed by atoms with Crippen LogP contribution in [-0.2, 0) is 4.74 Å². The largest absolute Gasteiger partial charge is 0.545 e. The third-order valence-electron chi connectivity index (χ3n) is 2.21. The van der Waals surface area contributed by atoms with Gasteiger partial charge in [0.25, 0.3) is 0 Å². The summed E-state index contributed by atoms with van der Waals surface area (Å²) < 4.78 is 10.4. The molecule has 0 saturated heterocycles. The topological polar surface area (TPSA) is 75.7 Å². The van der Waals surface area contributed by atoms with E-state index in [1.807, 2.05) is 0 Å². The first-order chi connectivity index (χ1) is 7.89. The van der Waals surface area contributed by atoms with Crippen LogP contribution in [0.25, 0.3) is 0 Å². The second kappa shape index (κ2) is 4.97. The summed E-state index contributed by atoms with van der Waals surface area (Å²) in [7, 11) is 1.44. The first-order valence-corrected chi connectivity index (χ1v) is 4.94. The summed E-state index contributed by atoms with van der Waals surface area (Å²) in [6, 6.07) is 4.06. The van der Waals surface area contributed by atoms with Gasteiger partial charge in [-0.2, -0.15) is 0 Å². The quantitative estimate of drug-likeness (QED) is 0.554. The van der Waals surface area contributed by atoms with Gasteiger partial charge in [0.1, 0.15) is 12.0 Å². The molecule has 1 aromatic rings. The third-order valence-corrected chi connectivity index (χ3v) is 2.21. The number of hydrogen-bond donors (Lipinski definition) is 0. The van der Waals surface area contributed by atoms with Gasteiger partial charge in [-0.3, -0.25) is 4.79 Å². The van der Waals surface area contributed by atoms with Crippen molar-refractivity contribution in [3.63, 3.8) is 0 Å². The minimum atomic E-state index is -1.41. The monoisotopic (exact) mass is 237 g/mol. The van der Waals surface area contributed by atoms with Crippen LogP contribution in [0.15, 0.2) is 18.2 Å². The van der Waals surface area contributed by atoms with Crippen LogP contribution in [0.5, 0.6) is 5.75 Å². The van der Waals surface area contributed by atoms with Crippen molar-refractivity contribution in [2.45, 2.75) is 19.6 Å². The Morgan fingerprint density at radius 1 is 1.41 bits per heavy atom. The van der Waals surface area contributed by atoms with Crippen molar-refractivity contribution in [2.75, 3.05) is 7.11 Å². The summed E-state index contributed by atoms with van der Waals surface area (Å²) in [6.07, 6.45) is 0.553. The van der Waals surface area contributed by atoms with E-state index in [2.05, 4.69) is 0 Å². The number of carbonyl (C=O) groups excluding carboxylic acids is 2. The molecule has 0 spiro atoms. The number of rotatable bonds is 5. The van der Waals surface area contributed by atoms with Gasteiger partial charge in [0.2, 0.25) is 5.79 Å². The fourth-order valence-corrected chi connectivity index (χ4v) is 1.18. The van der Waals surface area contributed by atoms with Crippen molar-refractivity contribution < 1.29 is 24.2 Å². The SMILES string of the molecule is COC(C)(C)Oc1ccc(C=O)cc1C(=O)[O-]. The molecule has 5 nitrogen and oxygen atoms in total. The van der Waals surface area contributed by atoms with Gasteiger partial charge in [0.05, 0.1) is 5.97 Å². The van der Waals surface area contributed by atoms with Gasteiger partial charge < -0.3 is 19.4 Å². The molecule has 0 saturated carbocycles. The normalized spacial score (nSPS) is 11.0. The van der Waals surface area contributed by atoms with Crippen LogP contribution in [-0.4, -0.2) is 25.2 Å². The fourth-order valence-electron chi connectivity index (χ4n) is 1.18. The van der Waals surface area contributed by atoms with Gasteiger partial charge in [-0.1, -0.05) is 0 Å². The lowest BCUT2D eigenvalue weighted by Gasteiger charge is -2.26. The van der Waals surface area contributed by atoms with E-state index in [9.17, 15) is 14.7 Å². The highest BCUT2D eigenvalue weighted by atomic mass is 16.7. The number of benzene rings is 1. The molecule has 0 heterocycles. The Bertz CT molecular complexity index is 437. The van der Waals surface area contributed by atoms with E-state index in [0.29, 0.717) is 6.29 Å². The maximum Gasteiger partial charge on any atom is 0.204 e. The molecule has 0 atom stereocenters. The lowest BCUT2D eigenvalue weighted by atomic mass is 10.1. The zero-order valence-corrected chi connectivity index (χ0v) is 9.85. The number of methoxy groups -OCH3 is 1. The highest BCUT2D eigenvalue weighted by Crippen LogP contribution is 2.24. The summed E-state index contributed by atoms with van der Waals surface area (Å²) in [6.45, 7) is 3.28. The summed E-state index contributed by atoms with van der Waals surface area (Å²) in [5.74, 6) is -2.27. The summed E-state index contributed by atoms with van der Waals surface area (Å²) in [5.41, 5.74) is 0.0616. The van der Waals surface area contributed by atoms with Crippen LogP contribution in [0.2, 0.25) is 0 Å². The molecule has 1 aromatic carbocycles. The molecule has 0 N–H and O–H groups in total. The highest BCUT2D eigenvalue weighted by Gasteiger charge is 2.20. The lowest BCUT2D eigenvalue weighted by Crippen LogP contribution is -2.32.